The fourth-order valence-electron chi connectivity index (χ4n) is 1.76. The molecule has 1 amide bonds. The summed E-state index contributed by atoms with van der Waals surface area (Å²) in [7, 11) is 0. The van der Waals surface area contributed by atoms with E-state index in [0.717, 1.165) is 0 Å². The molecule has 0 radical (unpaired) electrons. The molecule has 0 atom stereocenters. The monoisotopic (exact) mass is 345 g/mol. The zero-order valence-electron chi connectivity index (χ0n) is 12.2. The molecule has 2 aromatic carbocycles. The number of benzene rings is 2. The molecule has 0 unspecified atom stereocenters. The minimum Gasteiger partial charge on any atom is -0.332 e. The van der Waals surface area contributed by atoms with Crippen LogP contribution in [0.4, 0.5) is 15.8 Å². The van der Waals surface area contributed by atoms with Crippen LogP contribution in [-0.2, 0) is 4.79 Å². The Labute approximate surface area is 142 Å². The van der Waals surface area contributed by atoms with Crippen LogP contribution in [0.1, 0.15) is 5.56 Å². The first-order valence-electron chi connectivity index (χ1n) is 6.74. The van der Waals surface area contributed by atoms with Crippen molar-refractivity contribution in [2.45, 2.75) is 0 Å². The Morgan fingerprint density at radius 2 is 1.92 bits per heavy atom. The van der Waals surface area contributed by atoms with Gasteiger partial charge in [-0.05, 0) is 48.1 Å². The number of rotatable bonds is 4. The standard InChI is InChI=1S/C16H12FN3O3S/c17-12-5-7-13(8-6-12)18-16(24)19-15(21)9-4-11-2-1-3-14(10-11)20(22)23/h1-10H,(H2,18,19,21,24)/b9-4+. The molecule has 2 rings (SSSR count). The maximum absolute atomic E-state index is 12.8. The molecule has 0 heterocycles. The van der Waals surface area contributed by atoms with E-state index in [-0.39, 0.29) is 16.6 Å². The van der Waals surface area contributed by atoms with Gasteiger partial charge in [0.05, 0.1) is 4.92 Å². The maximum atomic E-state index is 12.8. The van der Waals surface area contributed by atoms with Crippen molar-refractivity contribution in [3.8, 4) is 0 Å². The number of nitro benzene ring substituents is 1. The van der Waals surface area contributed by atoms with E-state index in [2.05, 4.69) is 10.6 Å². The minimum atomic E-state index is -0.515. The van der Waals surface area contributed by atoms with Crippen molar-refractivity contribution < 1.29 is 14.1 Å². The lowest BCUT2D eigenvalue weighted by molar-refractivity contribution is -0.384. The molecule has 0 aliphatic heterocycles. The molecule has 2 N–H and O–H groups in total. The van der Waals surface area contributed by atoms with E-state index in [1.807, 2.05) is 0 Å². The summed E-state index contributed by atoms with van der Waals surface area (Å²) < 4.78 is 12.8. The summed E-state index contributed by atoms with van der Waals surface area (Å²) in [6, 6.07) is 11.3. The van der Waals surface area contributed by atoms with Gasteiger partial charge in [-0.1, -0.05) is 12.1 Å². The topological polar surface area (TPSA) is 84.3 Å². The van der Waals surface area contributed by atoms with Crippen LogP contribution in [0.15, 0.2) is 54.6 Å². The van der Waals surface area contributed by atoms with Gasteiger partial charge in [-0.25, -0.2) is 4.39 Å². The van der Waals surface area contributed by atoms with E-state index < -0.39 is 10.8 Å². The molecule has 122 valence electrons. The van der Waals surface area contributed by atoms with Crippen LogP contribution < -0.4 is 10.6 Å². The van der Waals surface area contributed by atoms with E-state index in [4.69, 9.17) is 12.2 Å². The second kappa shape index (κ2) is 7.93. The van der Waals surface area contributed by atoms with Gasteiger partial charge in [-0.15, -0.1) is 0 Å². The second-order valence-electron chi connectivity index (χ2n) is 4.64. The van der Waals surface area contributed by atoms with Crippen molar-refractivity contribution in [2.75, 3.05) is 5.32 Å². The Morgan fingerprint density at radius 3 is 2.58 bits per heavy atom. The summed E-state index contributed by atoms with van der Waals surface area (Å²) in [6.45, 7) is 0. The molecule has 0 aliphatic carbocycles. The number of hydrogen-bond acceptors (Lipinski definition) is 4. The predicted molar refractivity (Wildman–Crippen MR) is 92.9 cm³/mol. The Hall–Kier alpha value is -3.13. The molecule has 0 spiro atoms. The van der Waals surface area contributed by atoms with Crippen LogP contribution in [0.3, 0.4) is 0 Å². The smallest absolute Gasteiger partial charge is 0.270 e. The van der Waals surface area contributed by atoms with Gasteiger partial charge in [0.25, 0.3) is 5.69 Å². The van der Waals surface area contributed by atoms with Gasteiger partial charge in [0.2, 0.25) is 5.91 Å². The highest BCUT2D eigenvalue weighted by atomic mass is 32.1. The van der Waals surface area contributed by atoms with Crippen molar-refractivity contribution in [2.24, 2.45) is 0 Å². The zero-order valence-corrected chi connectivity index (χ0v) is 13.0. The molecule has 6 nitrogen and oxygen atoms in total. The average molecular weight is 345 g/mol. The highest BCUT2D eigenvalue weighted by Gasteiger charge is 2.05. The van der Waals surface area contributed by atoms with Crippen molar-refractivity contribution in [1.29, 1.82) is 0 Å². The number of amides is 1. The van der Waals surface area contributed by atoms with Crippen molar-refractivity contribution in [1.82, 2.24) is 5.32 Å². The Bertz CT molecular complexity index is 806. The van der Waals surface area contributed by atoms with E-state index in [9.17, 15) is 19.3 Å². The van der Waals surface area contributed by atoms with Crippen LogP contribution >= 0.6 is 12.2 Å². The molecular formula is C16H12FN3O3S. The van der Waals surface area contributed by atoms with Gasteiger partial charge in [0, 0.05) is 23.9 Å². The molecular weight excluding hydrogens is 333 g/mol. The quantitative estimate of drug-likeness (QED) is 0.385. The van der Waals surface area contributed by atoms with Gasteiger partial charge < -0.3 is 5.32 Å². The molecule has 0 fully saturated rings. The summed E-state index contributed by atoms with van der Waals surface area (Å²) in [5.41, 5.74) is 0.979. The number of anilines is 1. The fraction of sp³-hybridized carbons (Fsp3) is 0. The fourth-order valence-corrected chi connectivity index (χ4v) is 1.98. The van der Waals surface area contributed by atoms with Crippen molar-refractivity contribution in [3.05, 3.63) is 76.1 Å². The highest BCUT2D eigenvalue weighted by molar-refractivity contribution is 7.80. The molecule has 0 saturated heterocycles. The van der Waals surface area contributed by atoms with E-state index >= 15 is 0 Å². The summed E-state index contributed by atoms with van der Waals surface area (Å²) >= 11 is 4.97. The molecule has 0 saturated carbocycles. The highest BCUT2D eigenvalue weighted by Crippen LogP contribution is 2.14. The lowest BCUT2D eigenvalue weighted by atomic mass is 10.2. The molecule has 0 aliphatic rings. The third-order valence-corrected chi connectivity index (χ3v) is 3.05. The summed E-state index contributed by atoms with van der Waals surface area (Å²) in [6.07, 6.45) is 2.64. The number of halogens is 1. The SMILES string of the molecule is O=C(/C=C/c1cccc([N+](=O)[O-])c1)NC(=S)Nc1ccc(F)cc1. The third kappa shape index (κ3) is 5.25. The zero-order chi connectivity index (χ0) is 17.5. The molecule has 2 aromatic rings. The van der Waals surface area contributed by atoms with Crippen LogP contribution in [0.25, 0.3) is 6.08 Å². The Kier molecular flexibility index (Phi) is 5.69. The van der Waals surface area contributed by atoms with E-state index in [1.165, 1.54) is 54.6 Å². The van der Waals surface area contributed by atoms with Gasteiger partial charge in [-0.3, -0.25) is 20.2 Å². The molecule has 0 bridgehead atoms. The first-order chi connectivity index (χ1) is 11.4. The van der Waals surface area contributed by atoms with Crippen molar-refractivity contribution in [3.63, 3.8) is 0 Å². The summed E-state index contributed by atoms with van der Waals surface area (Å²) in [5, 5.41) is 15.9. The number of hydrogen-bond donors (Lipinski definition) is 2. The number of carbonyl (C=O) groups is 1. The third-order valence-electron chi connectivity index (χ3n) is 2.85. The average Bonchev–Trinajstić information content (AvgIpc) is 2.55. The second-order valence-corrected chi connectivity index (χ2v) is 5.04. The summed E-state index contributed by atoms with van der Waals surface area (Å²) in [5.74, 6) is -0.878. The van der Waals surface area contributed by atoms with Crippen LogP contribution in [-0.4, -0.2) is 15.9 Å². The van der Waals surface area contributed by atoms with Crippen LogP contribution in [0.5, 0.6) is 0 Å². The first-order valence-corrected chi connectivity index (χ1v) is 7.15. The van der Waals surface area contributed by atoms with E-state index in [1.54, 1.807) is 6.07 Å². The van der Waals surface area contributed by atoms with Crippen LogP contribution in [0, 0.1) is 15.9 Å². The summed E-state index contributed by atoms with van der Waals surface area (Å²) in [4.78, 5) is 21.9. The Balaban J connectivity index is 1.92. The van der Waals surface area contributed by atoms with Gasteiger partial charge in [0.15, 0.2) is 5.11 Å². The number of nitrogens with one attached hydrogen (secondary N) is 2. The number of thiocarbonyl (C=S) groups is 1. The number of nitrogens with zero attached hydrogens (tertiary/aromatic N) is 1. The van der Waals surface area contributed by atoms with Crippen molar-refractivity contribution >= 4 is 40.7 Å². The lowest BCUT2D eigenvalue weighted by Crippen LogP contribution is -2.32. The molecule has 0 aromatic heterocycles. The van der Waals surface area contributed by atoms with Crippen LogP contribution in [0.2, 0.25) is 0 Å². The molecule has 8 heteroatoms. The molecule has 24 heavy (non-hydrogen) atoms. The minimum absolute atomic E-state index is 0.0512. The first kappa shape index (κ1) is 17.2. The number of carbonyl (C=O) groups excluding carboxylic acids is 1. The predicted octanol–water partition coefficient (Wildman–Crippen LogP) is 3.26. The van der Waals surface area contributed by atoms with Gasteiger partial charge in [-0.2, -0.15) is 0 Å². The number of nitro groups is 1. The van der Waals surface area contributed by atoms with Gasteiger partial charge in [0.1, 0.15) is 5.82 Å². The van der Waals surface area contributed by atoms with E-state index in [0.29, 0.717) is 11.3 Å². The Morgan fingerprint density at radius 1 is 1.21 bits per heavy atom. The normalized spacial score (nSPS) is 10.4. The lowest BCUT2D eigenvalue weighted by Gasteiger charge is -2.07. The largest absolute Gasteiger partial charge is 0.332 e. The maximum Gasteiger partial charge on any atom is 0.270 e. The number of non-ortho nitro benzene ring substituents is 1. The van der Waals surface area contributed by atoms with Gasteiger partial charge >= 0.3 is 0 Å².